The number of hydrogen-bond donors (Lipinski definition) is 2. The predicted molar refractivity (Wildman–Crippen MR) is 107 cm³/mol. The number of hydrogen-bond acceptors (Lipinski definition) is 7. The summed E-state index contributed by atoms with van der Waals surface area (Å²) in [6.45, 7) is 2.89. The number of nitrogens with one attached hydrogen (secondary N) is 1. The second-order valence-corrected chi connectivity index (χ2v) is 10.5. The average Bonchev–Trinajstić information content (AvgIpc) is 2.66. The van der Waals surface area contributed by atoms with E-state index in [0.29, 0.717) is 12.4 Å². The summed E-state index contributed by atoms with van der Waals surface area (Å²) < 4.78 is 57.2. The van der Waals surface area contributed by atoms with E-state index in [1.807, 2.05) is 6.92 Å². The summed E-state index contributed by atoms with van der Waals surface area (Å²) >= 11 is 0. The Hall–Kier alpha value is -1.73. The molecule has 1 atom stereocenters. The van der Waals surface area contributed by atoms with Gasteiger partial charge in [-0.2, -0.15) is 4.31 Å². The molecule has 0 aliphatic carbocycles. The van der Waals surface area contributed by atoms with E-state index in [9.17, 15) is 26.7 Å². The van der Waals surface area contributed by atoms with Crippen molar-refractivity contribution in [2.45, 2.75) is 24.3 Å². The van der Waals surface area contributed by atoms with Gasteiger partial charge in [-0.05, 0) is 30.7 Å². The van der Waals surface area contributed by atoms with Crippen LogP contribution in [0.2, 0.25) is 0 Å². The Morgan fingerprint density at radius 1 is 1.14 bits per heavy atom. The zero-order chi connectivity index (χ0) is 21.7. The molecule has 2 rings (SSSR count). The largest absolute Gasteiger partial charge is 0.494 e. The van der Waals surface area contributed by atoms with E-state index >= 15 is 0 Å². The first kappa shape index (κ1) is 23.5. The molecule has 0 unspecified atom stereocenters. The van der Waals surface area contributed by atoms with Crippen molar-refractivity contribution >= 4 is 26.0 Å². The van der Waals surface area contributed by atoms with Crippen LogP contribution in [0.3, 0.4) is 0 Å². The number of benzene rings is 1. The fourth-order valence-electron chi connectivity index (χ4n) is 2.93. The van der Waals surface area contributed by atoms with Crippen molar-refractivity contribution in [1.82, 2.24) is 13.9 Å². The smallest absolute Gasteiger partial charge is 0.322 e. The Labute approximate surface area is 171 Å². The van der Waals surface area contributed by atoms with E-state index in [2.05, 4.69) is 4.72 Å². The lowest BCUT2D eigenvalue weighted by Crippen LogP contribution is -2.56. The van der Waals surface area contributed by atoms with Gasteiger partial charge in [0.05, 0.1) is 17.8 Å². The van der Waals surface area contributed by atoms with Crippen LogP contribution in [-0.2, 0) is 24.8 Å². The van der Waals surface area contributed by atoms with Gasteiger partial charge in [0.1, 0.15) is 11.8 Å². The highest BCUT2D eigenvalue weighted by atomic mass is 32.2. The van der Waals surface area contributed by atoms with Crippen molar-refractivity contribution in [3.8, 4) is 5.75 Å². The van der Waals surface area contributed by atoms with E-state index in [1.54, 1.807) is 17.0 Å². The molecule has 1 fully saturated rings. The number of aliphatic carboxylic acids is 1. The molecule has 2 N–H and O–H groups in total. The number of rotatable bonds is 10. The summed E-state index contributed by atoms with van der Waals surface area (Å²) in [6.07, 6.45) is 1.93. The molecule has 1 aromatic rings. The minimum absolute atomic E-state index is 0.00684. The van der Waals surface area contributed by atoms with E-state index in [4.69, 9.17) is 4.74 Å². The summed E-state index contributed by atoms with van der Waals surface area (Å²) in [5.74, 6) is -0.623. The highest BCUT2D eigenvalue weighted by molar-refractivity contribution is 7.89. The van der Waals surface area contributed by atoms with Gasteiger partial charge in [-0.25, -0.2) is 21.6 Å². The molecule has 1 heterocycles. The van der Waals surface area contributed by atoms with E-state index in [1.165, 1.54) is 16.4 Å². The Kier molecular flexibility index (Phi) is 8.00. The van der Waals surface area contributed by atoms with Crippen molar-refractivity contribution < 1.29 is 31.5 Å². The molecular weight excluding hydrogens is 422 g/mol. The predicted octanol–water partition coefficient (Wildman–Crippen LogP) is -0.216. The third-order valence-corrected chi connectivity index (χ3v) is 7.28. The second kappa shape index (κ2) is 9.85. The van der Waals surface area contributed by atoms with Crippen LogP contribution in [-0.4, -0.2) is 88.7 Å². The van der Waals surface area contributed by atoms with Crippen LogP contribution in [0, 0.1) is 0 Å². The van der Waals surface area contributed by atoms with Gasteiger partial charge in [0.2, 0.25) is 20.0 Å². The van der Waals surface area contributed by atoms with Gasteiger partial charge in [-0.15, -0.1) is 0 Å². The molecule has 10 nitrogen and oxygen atoms in total. The summed E-state index contributed by atoms with van der Waals surface area (Å²) in [7, 11) is -7.24. The van der Waals surface area contributed by atoms with Crippen LogP contribution in [0.1, 0.15) is 13.3 Å². The molecule has 0 bridgehead atoms. The maximum atomic E-state index is 12.5. The Morgan fingerprint density at radius 2 is 1.72 bits per heavy atom. The van der Waals surface area contributed by atoms with Gasteiger partial charge in [0.25, 0.3) is 0 Å². The molecule has 1 aromatic carbocycles. The molecule has 0 amide bonds. The van der Waals surface area contributed by atoms with Crippen molar-refractivity contribution in [1.29, 1.82) is 0 Å². The molecule has 1 aliphatic heterocycles. The van der Waals surface area contributed by atoms with Crippen molar-refractivity contribution in [2.24, 2.45) is 0 Å². The fourth-order valence-corrected chi connectivity index (χ4v) is 4.79. The molecule has 164 valence electrons. The molecule has 1 saturated heterocycles. The van der Waals surface area contributed by atoms with E-state index < -0.39 is 32.1 Å². The van der Waals surface area contributed by atoms with Gasteiger partial charge in [0.15, 0.2) is 0 Å². The number of sulfonamides is 2. The van der Waals surface area contributed by atoms with Crippen LogP contribution in [0.15, 0.2) is 29.2 Å². The molecule has 12 heteroatoms. The van der Waals surface area contributed by atoms with Crippen LogP contribution in [0.5, 0.6) is 5.75 Å². The normalized spacial score (nSPS) is 17.7. The summed E-state index contributed by atoms with van der Waals surface area (Å²) in [5, 5.41) is 9.51. The second-order valence-electron chi connectivity index (χ2n) is 6.72. The van der Waals surface area contributed by atoms with E-state index in [-0.39, 0.29) is 37.6 Å². The van der Waals surface area contributed by atoms with Gasteiger partial charge >= 0.3 is 5.97 Å². The molecule has 0 spiro atoms. The third kappa shape index (κ3) is 6.64. The molecule has 0 saturated carbocycles. The van der Waals surface area contributed by atoms with Gasteiger partial charge in [-0.1, -0.05) is 6.92 Å². The summed E-state index contributed by atoms with van der Waals surface area (Å²) in [5.41, 5.74) is 0. The first-order chi connectivity index (χ1) is 13.5. The lowest BCUT2D eigenvalue weighted by Gasteiger charge is -2.36. The molecule has 0 aromatic heterocycles. The van der Waals surface area contributed by atoms with Crippen molar-refractivity contribution in [2.75, 3.05) is 45.6 Å². The zero-order valence-electron chi connectivity index (χ0n) is 16.4. The molecule has 1 aliphatic rings. The number of carboxylic acid groups (broad SMARTS) is 1. The molecule has 29 heavy (non-hydrogen) atoms. The summed E-state index contributed by atoms with van der Waals surface area (Å²) in [6, 6.07) is 4.79. The van der Waals surface area contributed by atoms with Crippen LogP contribution in [0.4, 0.5) is 0 Å². The minimum atomic E-state index is -3.90. The van der Waals surface area contributed by atoms with Crippen LogP contribution in [0.25, 0.3) is 0 Å². The van der Waals surface area contributed by atoms with Gasteiger partial charge in [-0.3, -0.25) is 9.69 Å². The standard InChI is InChI=1S/C17H27N3O7S2/c1-3-12-27-14-4-6-15(7-5-14)29(25,26)18-13-16(17(21)22)19-8-10-20(11-9-19)28(2,23)24/h4-7,16,18H,3,8-13H2,1-2H3,(H,21,22)/t16-/m0/s1. The van der Waals surface area contributed by atoms with Gasteiger partial charge < -0.3 is 9.84 Å². The Morgan fingerprint density at radius 3 is 2.21 bits per heavy atom. The van der Waals surface area contributed by atoms with Crippen molar-refractivity contribution in [3.63, 3.8) is 0 Å². The minimum Gasteiger partial charge on any atom is -0.494 e. The molecule has 0 radical (unpaired) electrons. The number of nitrogens with zero attached hydrogens (tertiary/aromatic N) is 2. The fraction of sp³-hybridized carbons (Fsp3) is 0.588. The first-order valence-corrected chi connectivity index (χ1v) is 12.5. The monoisotopic (exact) mass is 449 g/mol. The highest BCUT2D eigenvalue weighted by Gasteiger charge is 2.32. The van der Waals surface area contributed by atoms with Gasteiger partial charge in [0, 0.05) is 32.7 Å². The zero-order valence-corrected chi connectivity index (χ0v) is 18.1. The average molecular weight is 450 g/mol. The molecular formula is C17H27N3O7S2. The van der Waals surface area contributed by atoms with Crippen molar-refractivity contribution in [3.05, 3.63) is 24.3 Å². The maximum Gasteiger partial charge on any atom is 0.322 e. The maximum absolute atomic E-state index is 12.5. The number of piperazine rings is 1. The van der Waals surface area contributed by atoms with Crippen LogP contribution < -0.4 is 9.46 Å². The lowest BCUT2D eigenvalue weighted by molar-refractivity contribution is -0.143. The quantitative estimate of drug-likeness (QED) is 0.501. The number of ether oxygens (including phenoxy) is 1. The number of carbonyl (C=O) groups is 1. The third-order valence-electron chi connectivity index (χ3n) is 4.54. The highest BCUT2D eigenvalue weighted by Crippen LogP contribution is 2.16. The Balaban J connectivity index is 2.00. The first-order valence-electron chi connectivity index (χ1n) is 9.19. The SMILES string of the molecule is CCCOc1ccc(S(=O)(=O)NC[C@@H](C(=O)O)N2CCN(S(C)(=O)=O)CC2)cc1. The summed E-state index contributed by atoms with van der Waals surface area (Å²) in [4.78, 5) is 13.2. The topological polar surface area (TPSA) is 133 Å². The Bertz CT molecular complexity index is 893. The number of carboxylic acids is 1. The van der Waals surface area contributed by atoms with E-state index in [0.717, 1.165) is 12.7 Å². The van der Waals surface area contributed by atoms with Crippen LogP contribution >= 0.6 is 0 Å². The lowest BCUT2D eigenvalue weighted by atomic mass is 10.2.